The van der Waals surface area contributed by atoms with E-state index in [4.69, 9.17) is 0 Å². The molecule has 3 aromatic carbocycles. The van der Waals surface area contributed by atoms with Crippen LogP contribution in [0.5, 0.6) is 0 Å². The number of imidazole rings is 1. The standard InChI is InChI=1S/C30H30N4O4S/c1-2-34(27-14-7-4-8-15-27)30(36)28(21-25-12-9-13-26(20-25)22-33-18-17-31-23-33)29(35)32-39(37,38)19-16-24-10-5-3-6-11-24/h3-20,23,28H,2,21-22H2,1H3,(H,32,35)/b19-16+. The molecule has 2 amide bonds. The Morgan fingerprint density at radius 1 is 0.974 bits per heavy atom. The summed E-state index contributed by atoms with van der Waals surface area (Å²) in [5.41, 5.74) is 3.00. The van der Waals surface area contributed by atoms with Gasteiger partial charge in [0.05, 0.1) is 11.7 Å². The first-order chi connectivity index (χ1) is 18.8. The van der Waals surface area contributed by atoms with Crippen LogP contribution in [0.2, 0.25) is 0 Å². The van der Waals surface area contributed by atoms with Crippen molar-refractivity contribution in [3.8, 4) is 0 Å². The fourth-order valence-electron chi connectivity index (χ4n) is 4.21. The molecular weight excluding hydrogens is 512 g/mol. The van der Waals surface area contributed by atoms with E-state index in [-0.39, 0.29) is 6.42 Å². The Hall–Kier alpha value is -4.50. The summed E-state index contributed by atoms with van der Waals surface area (Å²) in [6, 6.07) is 25.4. The Morgan fingerprint density at radius 3 is 2.33 bits per heavy atom. The van der Waals surface area contributed by atoms with E-state index in [1.807, 2.05) is 54.1 Å². The molecule has 0 saturated heterocycles. The lowest BCUT2D eigenvalue weighted by Gasteiger charge is -2.26. The number of benzene rings is 3. The minimum atomic E-state index is -4.15. The van der Waals surface area contributed by atoms with Gasteiger partial charge in [0.2, 0.25) is 11.8 Å². The Kier molecular flexibility index (Phi) is 9.06. The van der Waals surface area contributed by atoms with E-state index < -0.39 is 27.8 Å². The molecule has 39 heavy (non-hydrogen) atoms. The lowest BCUT2D eigenvalue weighted by Crippen LogP contribution is -2.46. The van der Waals surface area contributed by atoms with E-state index in [1.165, 1.54) is 11.0 Å². The summed E-state index contributed by atoms with van der Waals surface area (Å²) in [6.45, 7) is 2.70. The van der Waals surface area contributed by atoms with Crippen LogP contribution in [0.3, 0.4) is 0 Å². The SMILES string of the molecule is CCN(C(=O)C(Cc1cccc(Cn2ccnc2)c1)C(=O)NS(=O)(=O)/C=C/c1ccccc1)c1ccccc1. The van der Waals surface area contributed by atoms with E-state index in [1.54, 1.807) is 61.1 Å². The number of para-hydroxylation sites is 1. The lowest BCUT2D eigenvalue weighted by molar-refractivity contribution is -0.132. The summed E-state index contributed by atoms with van der Waals surface area (Å²) in [5.74, 6) is -2.64. The Labute approximate surface area is 228 Å². The van der Waals surface area contributed by atoms with Crippen LogP contribution in [0.1, 0.15) is 23.6 Å². The van der Waals surface area contributed by atoms with Gasteiger partial charge in [0.1, 0.15) is 5.92 Å². The highest BCUT2D eigenvalue weighted by atomic mass is 32.2. The first-order valence-corrected chi connectivity index (χ1v) is 14.1. The molecule has 0 spiro atoms. The highest BCUT2D eigenvalue weighted by Gasteiger charge is 2.33. The molecule has 1 N–H and O–H groups in total. The molecule has 0 fully saturated rings. The number of amides is 2. The topological polar surface area (TPSA) is 101 Å². The lowest BCUT2D eigenvalue weighted by atomic mass is 9.95. The van der Waals surface area contributed by atoms with Crippen molar-refractivity contribution in [1.82, 2.24) is 14.3 Å². The fraction of sp³-hybridized carbons (Fsp3) is 0.167. The minimum Gasteiger partial charge on any atom is -0.333 e. The summed E-state index contributed by atoms with van der Waals surface area (Å²) < 4.78 is 29.6. The van der Waals surface area contributed by atoms with Gasteiger partial charge in [-0.05, 0) is 48.2 Å². The number of hydrogen-bond donors (Lipinski definition) is 1. The number of nitrogens with zero attached hydrogens (tertiary/aromatic N) is 3. The third-order valence-corrected chi connectivity index (χ3v) is 7.08. The van der Waals surface area contributed by atoms with Crippen molar-refractivity contribution in [1.29, 1.82) is 0 Å². The predicted molar refractivity (Wildman–Crippen MR) is 152 cm³/mol. The van der Waals surface area contributed by atoms with Crippen molar-refractivity contribution in [3.05, 3.63) is 126 Å². The van der Waals surface area contributed by atoms with E-state index >= 15 is 0 Å². The van der Waals surface area contributed by atoms with Crippen LogP contribution in [0.4, 0.5) is 5.69 Å². The zero-order valence-electron chi connectivity index (χ0n) is 21.6. The van der Waals surface area contributed by atoms with Gasteiger partial charge in [-0.3, -0.25) is 9.59 Å². The van der Waals surface area contributed by atoms with Crippen LogP contribution in [-0.2, 0) is 32.6 Å². The molecule has 1 heterocycles. The average molecular weight is 543 g/mol. The second-order valence-corrected chi connectivity index (χ2v) is 10.5. The van der Waals surface area contributed by atoms with Crippen LogP contribution in [0.15, 0.2) is 109 Å². The van der Waals surface area contributed by atoms with Crippen molar-refractivity contribution < 1.29 is 18.0 Å². The number of hydrogen-bond acceptors (Lipinski definition) is 5. The number of anilines is 1. The van der Waals surface area contributed by atoms with E-state index in [9.17, 15) is 18.0 Å². The van der Waals surface area contributed by atoms with Crippen molar-refractivity contribution in [2.45, 2.75) is 19.9 Å². The normalized spacial score (nSPS) is 12.2. The van der Waals surface area contributed by atoms with Gasteiger partial charge >= 0.3 is 0 Å². The van der Waals surface area contributed by atoms with Crippen LogP contribution >= 0.6 is 0 Å². The molecule has 4 aromatic rings. The monoisotopic (exact) mass is 542 g/mol. The second kappa shape index (κ2) is 12.8. The van der Waals surface area contributed by atoms with Crippen LogP contribution in [0.25, 0.3) is 6.08 Å². The molecule has 4 rings (SSSR count). The minimum absolute atomic E-state index is 0.0314. The summed E-state index contributed by atoms with van der Waals surface area (Å²) in [4.78, 5) is 32.7. The molecule has 200 valence electrons. The summed E-state index contributed by atoms with van der Waals surface area (Å²) >= 11 is 0. The maximum atomic E-state index is 13.8. The molecule has 0 aliphatic rings. The van der Waals surface area contributed by atoms with Gasteiger partial charge in [0.15, 0.2) is 0 Å². The molecule has 0 bridgehead atoms. The van der Waals surface area contributed by atoms with E-state index in [0.29, 0.717) is 24.3 Å². The van der Waals surface area contributed by atoms with Gasteiger partial charge < -0.3 is 9.47 Å². The summed E-state index contributed by atoms with van der Waals surface area (Å²) in [7, 11) is -4.15. The molecule has 0 radical (unpaired) electrons. The highest BCUT2D eigenvalue weighted by molar-refractivity contribution is 7.93. The second-order valence-electron chi connectivity index (χ2n) is 8.95. The van der Waals surface area contributed by atoms with Crippen molar-refractivity contribution >= 4 is 33.6 Å². The third kappa shape index (κ3) is 7.75. The first kappa shape index (κ1) is 27.5. The smallest absolute Gasteiger partial charge is 0.257 e. The largest absolute Gasteiger partial charge is 0.333 e. The van der Waals surface area contributed by atoms with Gasteiger partial charge in [-0.1, -0.05) is 72.8 Å². The van der Waals surface area contributed by atoms with Crippen LogP contribution < -0.4 is 9.62 Å². The van der Waals surface area contributed by atoms with Gasteiger partial charge in [0.25, 0.3) is 10.0 Å². The van der Waals surface area contributed by atoms with Crippen molar-refractivity contribution in [2.24, 2.45) is 5.92 Å². The summed E-state index contributed by atoms with van der Waals surface area (Å²) in [5, 5.41) is 0.933. The molecule has 1 unspecified atom stereocenters. The van der Waals surface area contributed by atoms with Crippen molar-refractivity contribution in [3.63, 3.8) is 0 Å². The van der Waals surface area contributed by atoms with E-state index in [2.05, 4.69) is 9.71 Å². The average Bonchev–Trinajstić information content (AvgIpc) is 3.45. The Morgan fingerprint density at radius 2 is 1.67 bits per heavy atom. The molecule has 8 nitrogen and oxygen atoms in total. The maximum Gasteiger partial charge on any atom is 0.257 e. The number of aromatic nitrogens is 2. The predicted octanol–water partition coefficient (Wildman–Crippen LogP) is 4.26. The number of carbonyl (C=O) groups excluding carboxylic acids is 2. The molecule has 9 heteroatoms. The van der Waals surface area contributed by atoms with E-state index in [0.717, 1.165) is 16.5 Å². The number of carbonyl (C=O) groups is 2. The first-order valence-electron chi connectivity index (χ1n) is 12.5. The molecule has 0 aliphatic heterocycles. The molecule has 0 aliphatic carbocycles. The zero-order valence-corrected chi connectivity index (χ0v) is 22.4. The molecule has 0 saturated carbocycles. The number of rotatable bonds is 11. The van der Waals surface area contributed by atoms with Crippen LogP contribution in [0, 0.1) is 5.92 Å². The van der Waals surface area contributed by atoms with Crippen LogP contribution in [-0.4, -0.2) is 36.3 Å². The fourth-order valence-corrected chi connectivity index (χ4v) is 5.04. The van der Waals surface area contributed by atoms with Gasteiger partial charge in [-0.2, -0.15) is 0 Å². The van der Waals surface area contributed by atoms with Gasteiger partial charge in [-0.25, -0.2) is 18.1 Å². The Bertz CT molecular complexity index is 1520. The number of nitrogens with one attached hydrogen (secondary N) is 1. The molecular formula is C30H30N4O4S. The maximum absolute atomic E-state index is 13.8. The highest BCUT2D eigenvalue weighted by Crippen LogP contribution is 2.20. The van der Waals surface area contributed by atoms with Crippen molar-refractivity contribution in [2.75, 3.05) is 11.4 Å². The van der Waals surface area contributed by atoms with Gasteiger partial charge in [-0.15, -0.1) is 0 Å². The molecule has 1 atom stereocenters. The number of sulfonamides is 1. The molecule has 1 aromatic heterocycles. The third-order valence-electron chi connectivity index (χ3n) is 6.10. The Balaban J connectivity index is 1.60. The quantitative estimate of drug-likeness (QED) is 0.286. The zero-order chi connectivity index (χ0) is 27.7. The summed E-state index contributed by atoms with van der Waals surface area (Å²) in [6.07, 6.45) is 6.68. The van der Waals surface area contributed by atoms with Gasteiger partial charge in [0, 0.05) is 31.2 Å².